The summed E-state index contributed by atoms with van der Waals surface area (Å²) in [5.74, 6) is -0.342. The zero-order valence-electron chi connectivity index (χ0n) is 19.6. The lowest BCUT2D eigenvalue weighted by Crippen LogP contribution is -2.19. The molecule has 32 heavy (non-hydrogen) atoms. The molecule has 0 aliphatic rings. The van der Waals surface area contributed by atoms with E-state index in [9.17, 15) is 4.79 Å². The number of rotatable bonds is 6. The summed E-state index contributed by atoms with van der Waals surface area (Å²) >= 11 is 0. The number of aromatic nitrogens is 4. The summed E-state index contributed by atoms with van der Waals surface area (Å²) in [4.78, 5) is 13.7. The van der Waals surface area contributed by atoms with Crippen molar-refractivity contribution < 1.29 is 4.79 Å². The normalized spacial score (nSPS) is 13.2. The summed E-state index contributed by atoms with van der Waals surface area (Å²) in [6.45, 7) is 12.1. The Morgan fingerprint density at radius 3 is 1.34 bits per heavy atom. The Labute approximate surface area is 189 Å². The molecule has 5 heteroatoms. The molecule has 0 amide bonds. The van der Waals surface area contributed by atoms with Crippen LogP contribution in [-0.4, -0.2) is 25.3 Å². The molecular weight excluding hydrogens is 396 g/mol. The van der Waals surface area contributed by atoms with E-state index in [1.807, 2.05) is 112 Å². The van der Waals surface area contributed by atoms with E-state index in [-0.39, 0.29) is 17.6 Å². The second kappa shape index (κ2) is 8.58. The van der Waals surface area contributed by atoms with Gasteiger partial charge in [-0.2, -0.15) is 10.2 Å². The summed E-state index contributed by atoms with van der Waals surface area (Å²) in [7, 11) is 0. The van der Waals surface area contributed by atoms with E-state index in [0.717, 1.165) is 45.3 Å². The number of hydrogen-bond acceptors (Lipinski definition) is 3. The first kappa shape index (κ1) is 21.8. The number of ketones is 1. The molecule has 164 valence electrons. The number of carbonyl (C=O) groups excluding carboxylic acids is 1. The number of benzene rings is 2. The lowest BCUT2D eigenvalue weighted by atomic mass is 9.84. The van der Waals surface area contributed by atoms with Crippen molar-refractivity contribution >= 4 is 5.78 Å². The Kier molecular flexibility index (Phi) is 5.83. The zero-order chi connectivity index (χ0) is 23.0. The lowest BCUT2D eigenvalue weighted by Gasteiger charge is -2.18. The van der Waals surface area contributed by atoms with E-state index in [1.165, 1.54) is 0 Å². The summed E-state index contributed by atoms with van der Waals surface area (Å²) in [6, 6.07) is 20.1. The highest BCUT2D eigenvalue weighted by Gasteiger charge is 2.31. The predicted molar refractivity (Wildman–Crippen MR) is 128 cm³/mol. The molecule has 4 rings (SSSR count). The van der Waals surface area contributed by atoms with Crippen molar-refractivity contribution in [2.45, 2.75) is 53.4 Å². The summed E-state index contributed by atoms with van der Waals surface area (Å²) in [6.07, 6.45) is 0. The van der Waals surface area contributed by atoms with Gasteiger partial charge in [0.25, 0.3) is 0 Å². The Morgan fingerprint density at radius 2 is 1.00 bits per heavy atom. The van der Waals surface area contributed by atoms with Crippen LogP contribution in [-0.2, 0) is 4.79 Å². The molecule has 0 fully saturated rings. The van der Waals surface area contributed by atoms with E-state index in [1.54, 1.807) is 0 Å². The third kappa shape index (κ3) is 3.68. The topological polar surface area (TPSA) is 52.7 Å². The van der Waals surface area contributed by atoms with Gasteiger partial charge in [0.1, 0.15) is 5.78 Å². The van der Waals surface area contributed by atoms with Crippen LogP contribution in [0.4, 0.5) is 0 Å². The first-order valence-corrected chi connectivity index (χ1v) is 11.1. The Morgan fingerprint density at radius 1 is 0.656 bits per heavy atom. The van der Waals surface area contributed by atoms with Crippen molar-refractivity contribution in [3.05, 3.63) is 94.6 Å². The van der Waals surface area contributed by atoms with Crippen molar-refractivity contribution in [1.82, 2.24) is 19.6 Å². The van der Waals surface area contributed by atoms with Crippen molar-refractivity contribution in [1.29, 1.82) is 0 Å². The molecule has 0 spiro atoms. The lowest BCUT2D eigenvalue weighted by molar-refractivity contribution is -0.121. The quantitative estimate of drug-likeness (QED) is 0.393. The number of para-hydroxylation sites is 2. The van der Waals surface area contributed by atoms with E-state index in [2.05, 4.69) is 0 Å². The van der Waals surface area contributed by atoms with E-state index < -0.39 is 0 Å². The molecule has 0 radical (unpaired) electrons. The molecule has 0 aliphatic heterocycles. The van der Waals surface area contributed by atoms with Crippen LogP contribution in [0.3, 0.4) is 0 Å². The zero-order valence-corrected chi connectivity index (χ0v) is 19.6. The number of carbonyl (C=O) groups is 1. The minimum Gasteiger partial charge on any atom is -0.298 e. The number of Topliss-reactive ketones (excluding diaryl/α,β-unsaturated/α-hetero) is 1. The first-order chi connectivity index (χ1) is 15.3. The Balaban J connectivity index is 1.68. The predicted octanol–water partition coefficient (Wildman–Crippen LogP) is 5.77. The fraction of sp³-hybridized carbons (Fsp3) is 0.296. The van der Waals surface area contributed by atoms with Gasteiger partial charge in [0.05, 0.1) is 22.8 Å². The fourth-order valence-corrected chi connectivity index (χ4v) is 4.86. The molecule has 5 nitrogen and oxygen atoms in total. The maximum atomic E-state index is 13.7. The second-order valence-corrected chi connectivity index (χ2v) is 8.51. The fourth-order valence-electron chi connectivity index (χ4n) is 4.86. The van der Waals surface area contributed by atoms with Crippen molar-refractivity contribution in [2.75, 3.05) is 0 Å². The van der Waals surface area contributed by atoms with Crippen LogP contribution in [0, 0.1) is 27.7 Å². The molecule has 2 unspecified atom stereocenters. The average Bonchev–Trinajstić information content (AvgIpc) is 3.27. The third-order valence-corrected chi connectivity index (χ3v) is 6.42. The molecule has 2 atom stereocenters. The van der Waals surface area contributed by atoms with Crippen molar-refractivity contribution in [3.8, 4) is 11.4 Å². The van der Waals surface area contributed by atoms with Crippen molar-refractivity contribution in [2.24, 2.45) is 0 Å². The molecule has 2 aromatic heterocycles. The number of hydrogen-bond donors (Lipinski definition) is 0. The summed E-state index contributed by atoms with van der Waals surface area (Å²) < 4.78 is 3.87. The van der Waals surface area contributed by atoms with Gasteiger partial charge in [0.2, 0.25) is 0 Å². The highest BCUT2D eigenvalue weighted by molar-refractivity contribution is 5.92. The van der Waals surface area contributed by atoms with Crippen LogP contribution >= 0.6 is 0 Å². The summed E-state index contributed by atoms with van der Waals surface area (Å²) in [5.41, 5.74) is 7.84. The van der Waals surface area contributed by atoms with Crippen LogP contribution in [0.2, 0.25) is 0 Å². The van der Waals surface area contributed by atoms with E-state index in [0.29, 0.717) is 0 Å². The number of nitrogens with zero attached hydrogens (tertiary/aromatic N) is 4. The highest BCUT2D eigenvalue weighted by atomic mass is 16.1. The first-order valence-electron chi connectivity index (χ1n) is 11.1. The largest absolute Gasteiger partial charge is 0.298 e. The van der Waals surface area contributed by atoms with Gasteiger partial charge < -0.3 is 0 Å². The van der Waals surface area contributed by atoms with Gasteiger partial charge in [-0.1, -0.05) is 50.2 Å². The molecule has 0 bridgehead atoms. The third-order valence-electron chi connectivity index (χ3n) is 6.42. The average molecular weight is 427 g/mol. The SMILES string of the molecule is Cc1nn(-c2ccccc2)c(C)c1C(C)C(=O)C(C)c1c(C)nn(-c2ccccc2)c1C. The maximum absolute atomic E-state index is 13.7. The molecule has 0 saturated heterocycles. The van der Waals surface area contributed by atoms with Gasteiger partial charge in [-0.15, -0.1) is 0 Å². The van der Waals surface area contributed by atoms with Gasteiger partial charge in [-0.05, 0) is 52.0 Å². The number of aryl methyl sites for hydroxylation is 2. The molecular formula is C27H30N4O. The second-order valence-electron chi connectivity index (χ2n) is 8.51. The van der Waals surface area contributed by atoms with Crippen LogP contribution < -0.4 is 0 Å². The molecule has 2 heterocycles. The maximum Gasteiger partial charge on any atom is 0.147 e. The van der Waals surface area contributed by atoms with Crippen LogP contribution in [0.5, 0.6) is 0 Å². The van der Waals surface area contributed by atoms with Gasteiger partial charge >= 0.3 is 0 Å². The molecule has 2 aromatic carbocycles. The highest BCUT2D eigenvalue weighted by Crippen LogP contribution is 2.33. The smallest absolute Gasteiger partial charge is 0.147 e. The molecule has 0 aliphatic carbocycles. The molecule has 0 saturated carbocycles. The van der Waals surface area contributed by atoms with Gasteiger partial charge in [0, 0.05) is 34.4 Å². The van der Waals surface area contributed by atoms with Gasteiger partial charge in [-0.3, -0.25) is 4.79 Å². The van der Waals surface area contributed by atoms with Gasteiger partial charge in [-0.25, -0.2) is 9.36 Å². The van der Waals surface area contributed by atoms with E-state index in [4.69, 9.17) is 10.2 Å². The van der Waals surface area contributed by atoms with Gasteiger partial charge in [0.15, 0.2) is 0 Å². The van der Waals surface area contributed by atoms with Crippen molar-refractivity contribution in [3.63, 3.8) is 0 Å². The minimum atomic E-state index is -0.263. The summed E-state index contributed by atoms with van der Waals surface area (Å²) in [5, 5.41) is 9.49. The van der Waals surface area contributed by atoms with Crippen LogP contribution in [0.15, 0.2) is 60.7 Å². The van der Waals surface area contributed by atoms with Crippen LogP contribution in [0.1, 0.15) is 59.6 Å². The monoisotopic (exact) mass is 426 g/mol. The Bertz CT molecular complexity index is 1150. The standard InChI is InChI=1S/C27H30N4O/c1-17(25-19(3)28-30(21(25)5)23-13-9-7-10-14-23)27(32)18(2)26-20(4)29-31(22(26)6)24-15-11-8-12-16-24/h7-18H,1-6H3. The minimum absolute atomic E-state index is 0.183. The molecule has 4 aromatic rings. The Hall–Kier alpha value is -3.47. The van der Waals surface area contributed by atoms with E-state index >= 15 is 0 Å². The van der Waals surface area contributed by atoms with Crippen LogP contribution in [0.25, 0.3) is 11.4 Å². The molecule has 0 N–H and O–H groups in total.